The first-order valence-electron chi connectivity index (χ1n) is 5.88. The molecule has 0 aliphatic carbocycles. The van der Waals surface area contributed by atoms with Crippen molar-refractivity contribution in [2.75, 3.05) is 18.4 Å². The van der Waals surface area contributed by atoms with Gasteiger partial charge < -0.3 is 15.2 Å². The largest absolute Gasteiger partial charge is 0.324 e. The van der Waals surface area contributed by atoms with Gasteiger partial charge in [-0.1, -0.05) is 6.92 Å². The van der Waals surface area contributed by atoms with Crippen molar-refractivity contribution in [3.63, 3.8) is 0 Å². The molecule has 94 valence electrons. The maximum atomic E-state index is 11.5. The van der Waals surface area contributed by atoms with Gasteiger partial charge in [0.15, 0.2) is 0 Å². The lowest BCUT2D eigenvalue weighted by molar-refractivity contribution is -0.115. The lowest BCUT2D eigenvalue weighted by Crippen LogP contribution is -2.29. The van der Waals surface area contributed by atoms with Crippen LogP contribution in [0.3, 0.4) is 0 Å². The summed E-state index contributed by atoms with van der Waals surface area (Å²) in [5, 5.41) is 5.76. The molecule has 0 aliphatic heterocycles. The van der Waals surface area contributed by atoms with Crippen molar-refractivity contribution in [2.45, 2.75) is 26.8 Å². The van der Waals surface area contributed by atoms with Gasteiger partial charge in [0, 0.05) is 18.8 Å². The molecule has 5 nitrogen and oxygen atoms in total. The van der Waals surface area contributed by atoms with Gasteiger partial charge >= 0.3 is 0 Å². The van der Waals surface area contributed by atoms with E-state index in [2.05, 4.69) is 10.6 Å². The van der Waals surface area contributed by atoms with Crippen molar-refractivity contribution in [3.8, 4) is 0 Å². The summed E-state index contributed by atoms with van der Waals surface area (Å²) in [6, 6.07) is 3.07. The summed E-state index contributed by atoms with van der Waals surface area (Å²) < 4.78 is 1.55. The molecule has 1 aromatic heterocycles. The Morgan fingerprint density at radius 3 is 2.76 bits per heavy atom. The number of anilines is 1. The second-order valence-electron chi connectivity index (χ2n) is 3.77. The first kappa shape index (κ1) is 13.4. The van der Waals surface area contributed by atoms with Crippen molar-refractivity contribution in [1.29, 1.82) is 0 Å². The van der Waals surface area contributed by atoms with Gasteiger partial charge in [0.05, 0.1) is 12.2 Å². The quantitative estimate of drug-likeness (QED) is 0.720. The third-order valence-corrected chi connectivity index (χ3v) is 2.32. The van der Waals surface area contributed by atoms with E-state index in [1.165, 1.54) is 6.07 Å². The number of carbonyl (C=O) groups excluding carboxylic acids is 1. The number of pyridine rings is 1. The van der Waals surface area contributed by atoms with E-state index in [0.717, 1.165) is 13.0 Å². The zero-order valence-corrected chi connectivity index (χ0v) is 10.3. The van der Waals surface area contributed by atoms with Crippen molar-refractivity contribution in [3.05, 3.63) is 28.7 Å². The normalized spacial score (nSPS) is 10.2. The van der Waals surface area contributed by atoms with E-state index in [4.69, 9.17) is 0 Å². The summed E-state index contributed by atoms with van der Waals surface area (Å²) in [6.45, 7) is 5.63. The van der Waals surface area contributed by atoms with Crippen LogP contribution in [0.15, 0.2) is 23.1 Å². The van der Waals surface area contributed by atoms with Crippen LogP contribution in [0.25, 0.3) is 0 Å². The molecule has 2 N–H and O–H groups in total. The highest BCUT2D eigenvalue weighted by Gasteiger charge is 2.02. The molecule has 0 radical (unpaired) electrons. The van der Waals surface area contributed by atoms with Crippen LogP contribution in [0.1, 0.15) is 20.3 Å². The third-order valence-electron chi connectivity index (χ3n) is 2.32. The van der Waals surface area contributed by atoms with Gasteiger partial charge in [0.2, 0.25) is 5.91 Å². The van der Waals surface area contributed by atoms with Gasteiger partial charge in [-0.05, 0) is 26.0 Å². The maximum absolute atomic E-state index is 11.5. The van der Waals surface area contributed by atoms with E-state index in [0.29, 0.717) is 18.8 Å². The molecule has 17 heavy (non-hydrogen) atoms. The lowest BCUT2D eigenvalue weighted by Gasteiger charge is -2.08. The van der Waals surface area contributed by atoms with Crippen LogP contribution in [0.4, 0.5) is 5.69 Å². The monoisotopic (exact) mass is 237 g/mol. The highest BCUT2D eigenvalue weighted by molar-refractivity contribution is 5.92. The van der Waals surface area contributed by atoms with Gasteiger partial charge in [-0.15, -0.1) is 0 Å². The molecule has 0 saturated heterocycles. The van der Waals surface area contributed by atoms with Gasteiger partial charge in [0.1, 0.15) is 0 Å². The first-order chi connectivity index (χ1) is 8.17. The molecule has 1 heterocycles. The average Bonchev–Trinajstić information content (AvgIpc) is 2.32. The van der Waals surface area contributed by atoms with Crippen LogP contribution in [0.5, 0.6) is 0 Å². The maximum Gasteiger partial charge on any atom is 0.250 e. The van der Waals surface area contributed by atoms with Crippen LogP contribution < -0.4 is 16.2 Å². The summed E-state index contributed by atoms with van der Waals surface area (Å²) in [4.78, 5) is 22.8. The number of nitrogens with zero attached hydrogens (tertiary/aromatic N) is 1. The standard InChI is InChI=1S/C12H19N3O2/c1-3-7-13-8-11(16)14-10-5-6-12(17)15(4-2)9-10/h5-6,9,13H,3-4,7-8H2,1-2H3,(H,14,16). The highest BCUT2D eigenvalue weighted by Crippen LogP contribution is 2.02. The molecule has 1 aromatic rings. The zero-order valence-electron chi connectivity index (χ0n) is 10.3. The highest BCUT2D eigenvalue weighted by atomic mass is 16.2. The van der Waals surface area contributed by atoms with Crippen LogP contribution in [-0.2, 0) is 11.3 Å². The van der Waals surface area contributed by atoms with Crippen LogP contribution in [0.2, 0.25) is 0 Å². The minimum Gasteiger partial charge on any atom is -0.324 e. The number of carbonyl (C=O) groups is 1. The second-order valence-corrected chi connectivity index (χ2v) is 3.77. The SMILES string of the molecule is CCCNCC(=O)Nc1ccc(=O)n(CC)c1. The Balaban J connectivity index is 2.56. The molecule has 0 bridgehead atoms. The van der Waals surface area contributed by atoms with Gasteiger partial charge in [-0.3, -0.25) is 9.59 Å². The lowest BCUT2D eigenvalue weighted by atomic mass is 10.4. The van der Waals surface area contributed by atoms with E-state index in [9.17, 15) is 9.59 Å². The average molecular weight is 237 g/mol. The second kappa shape index (κ2) is 6.85. The van der Waals surface area contributed by atoms with Crippen molar-refractivity contribution in [1.82, 2.24) is 9.88 Å². The number of amides is 1. The summed E-state index contributed by atoms with van der Waals surface area (Å²) in [5.41, 5.74) is 0.587. The first-order valence-corrected chi connectivity index (χ1v) is 5.88. The van der Waals surface area contributed by atoms with Crippen LogP contribution in [-0.4, -0.2) is 23.6 Å². The number of hydrogen-bond donors (Lipinski definition) is 2. The number of hydrogen-bond acceptors (Lipinski definition) is 3. The van der Waals surface area contributed by atoms with E-state index in [1.54, 1.807) is 16.8 Å². The van der Waals surface area contributed by atoms with Crippen molar-refractivity contribution in [2.24, 2.45) is 0 Å². The summed E-state index contributed by atoms with van der Waals surface area (Å²) in [6.07, 6.45) is 2.65. The Morgan fingerprint density at radius 2 is 2.12 bits per heavy atom. The summed E-state index contributed by atoms with van der Waals surface area (Å²) >= 11 is 0. The number of aryl methyl sites for hydroxylation is 1. The fourth-order valence-electron chi connectivity index (χ4n) is 1.44. The predicted octanol–water partition coefficient (Wildman–Crippen LogP) is 0.806. The summed E-state index contributed by atoms with van der Waals surface area (Å²) in [7, 11) is 0. The third kappa shape index (κ3) is 4.40. The number of aromatic nitrogens is 1. The van der Waals surface area contributed by atoms with E-state index < -0.39 is 0 Å². The molecule has 1 amide bonds. The smallest absolute Gasteiger partial charge is 0.250 e. The van der Waals surface area contributed by atoms with Gasteiger partial charge in [0.25, 0.3) is 5.56 Å². The van der Waals surface area contributed by atoms with Crippen LogP contribution >= 0.6 is 0 Å². The number of rotatable bonds is 6. The van der Waals surface area contributed by atoms with Crippen molar-refractivity contribution >= 4 is 11.6 Å². The molecule has 0 aromatic carbocycles. The molecule has 0 spiro atoms. The summed E-state index contributed by atoms with van der Waals surface area (Å²) in [5.74, 6) is -0.0975. The van der Waals surface area contributed by atoms with E-state index in [1.807, 2.05) is 13.8 Å². The molecule has 0 atom stereocenters. The molecule has 0 fully saturated rings. The topological polar surface area (TPSA) is 63.1 Å². The molecular weight excluding hydrogens is 218 g/mol. The van der Waals surface area contributed by atoms with Crippen molar-refractivity contribution < 1.29 is 4.79 Å². The van der Waals surface area contributed by atoms with Gasteiger partial charge in [-0.25, -0.2) is 0 Å². The molecule has 0 aliphatic rings. The Kier molecular flexibility index (Phi) is 5.42. The molecular formula is C12H19N3O2. The molecule has 0 unspecified atom stereocenters. The fourth-order valence-corrected chi connectivity index (χ4v) is 1.44. The molecule has 0 saturated carbocycles. The zero-order chi connectivity index (χ0) is 12.7. The Morgan fingerprint density at radius 1 is 1.35 bits per heavy atom. The predicted molar refractivity (Wildman–Crippen MR) is 68.2 cm³/mol. The Hall–Kier alpha value is -1.62. The van der Waals surface area contributed by atoms with Gasteiger partial charge in [-0.2, -0.15) is 0 Å². The minimum atomic E-state index is -0.0975. The minimum absolute atomic E-state index is 0.0605. The van der Waals surface area contributed by atoms with E-state index in [-0.39, 0.29) is 11.5 Å². The Labute approximate surface area is 101 Å². The number of nitrogens with one attached hydrogen (secondary N) is 2. The Bertz CT molecular complexity index is 426. The van der Waals surface area contributed by atoms with E-state index >= 15 is 0 Å². The fraction of sp³-hybridized carbons (Fsp3) is 0.500. The molecule has 5 heteroatoms. The molecule has 1 rings (SSSR count). The van der Waals surface area contributed by atoms with Crippen LogP contribution in [0, 0.1) is 0 Å².